The molecule has 0 amide bonds. The lowest BCUT2D eigenvalue weighted by Crippen LogP contribution is -2.91. The maximum absolute atomic E-state index is 13.6. The van der Waals surface area contributed by atoms with Gasteiger partial charge in [-0.3, -0.25) is 9.59 Å². The normalized spacial score (nSPS) is 52.3. The molecule has 3 aliphatic carbocycles. The van der Waals surface area contributed by atoms with Crippen molar-refractivity contribution in [2.24, 2.45) is 33.5 Å². The zero-order valence-corrected chi connectivity index (χ0v) is 26.9. The van der Waals surface area contributed by atoms with E-state index in [-0.39, 0.29) is 25.9 Å². The summed E-state index contributed by atoms with van der Waals surface area (Å²) in [6, 6.07) is 0. The lowest BCUT2D eigenvalue weighted by Gasteiger charge is -2.76. The Kier molecular flexibility index (Phi) is 6.46. The number of esters is 2. The molecule has 5 aliphatic heterocycles. The Balaban J connectivity index is 1.70. The van der Waals surface area contributed by atoms with Gasteiger partial charge in [0.05, 0.1) is 32.3 Å². The molecule has 10 nitrogen and oxygen atoms in total. The number of carbonyl (C=O) groups is 2. The van der Waals surface area contributed by atoms with Gasteiger partial charge in [-0.25, -0.2) is 0 Å². The van der Waals surface area contributed by atoms with Gasteiger partial charge in [0.15, 0.2) is 11.7 Å². The van der Waals surface area contributed by atoms with Crippen LogP contribution in [-0.4, -0.2) is 82.1 Å². The molecule has 3 saturated carbocycles. The average molecular weight is 605 g/mol. The van der Waals surface area contributed by atoms with Gasteiger partial charge in [-0.1, -0.05) is 52.8 Å². The number of methoxy groups -OCH3 is 1. The van der Waals surface area contributed by atoms with Crippen LogP contribution in [0.3, 0.4) is 0 Å². The maximum atomic E-state index is 13.6. The first-order chi connectivity index (χ1) is 19.9. The Bertz CT molecular complexity index is 1310. The third-order valence-electron chi connectivity index (χ3n) is 13.4. The molecule has 8 rings (SSSR count). The fraction of sp³-hybridized carbons (Fsp3) is 0.818. The van der Waals surface area contributed by atoms with Gasteiger partial charge in [-0.2, -0.15) is 0 Å². The van der Waals surface area contributed by atoms with Crippen LogP contribution >= 0.6 is 0 Å². The van der Waals surface area contributed by atoms with Crippen molar-refractivity contribution >= 4 is 11.9 Å². The molecule has 12 unspecified atom stereocenters. The molecule has 5 heterocycles. The molecule has 43 heavy (non-hydrogen) atoms. The molecule has 0 aromatic carbocycles. The summed E-state index contributed by atoms with van der Waals surface area (Å²) in [4.78, 5) is 26.7. The standard InChI is InChI=1S/C33H48O10/c1-10-13-18(11-2)23(36)26(4,5)19-14-22(35)41-25-32(38)24(37)27(6)16-31(32)28(7,20(27)15-21(34)39-9)30(12-3)17-40-29(8,42-31)43-33(19,25)30/h10-11,13,19-20,23-25,36-38H,12,14-17H2,1-9H3/b13-10-,18-11+. The van der Waals surface area contributed by atoms with Crippen molar-refractivity contribution in [2.45, 2.75) is 122 Å². The lowest BCUT2D eigenvalue weighted by atomic mass is 9.32. The molecule has 2 spiro atoms. The van der Waals surface area contributed by atoms with Crippen LogP contribution < -0.4 is 0 Å². The van der Waals surface area contributed by atoms with Crippen LogP contribution in [0.1, 0.15) is 81.1 Å². The summed E-state index contributed by atoms with van der Waals surface area (Å²) in [5.41, 5.74) is -8.40. The van der Waals surface area contributed by atoms with E-state index in [0.29, 0.717) is 12.0 Å². The Morgan fingerprint density at radius 3 is 2.47 bits per heavy atom. The topological polar surface area (TPSA) is 141 Å². The van der Waals surface area contributed by atoms with Gasteiger partial charge >= 0.3 is 11.9 Å². The lowest BCUT2D eigenvalue weighted by molar-refractivity contribution is -0.468. The van der Waals surface area contributed by atoms with Crippen molar-refractivity contribution in [3.8, 4) is 0 Å². The number of hydrogen-bond acceptors (Lipinski definition) is 10. The molecular formula is C33H48O10. The second-order valence-corrected chi connectivity index (χ2v) is 15.0. The number of allylic oxidation sites excluding steroid dienone is 2. The summed E-state index contributed by atoms with van der Waals surface area (Å²) in [6.45, 7) is 15.3. The number of carbonyl (C=O) groups excluding carboxylic acids is 2. The zero-order chi connectivity index (χ0) is 31.8. The van der Waals surface area contributed by atoms with Crippen LogP contribution in [0.2, 0.25) is 0 Å². The van der Waals surface area contributed by atoms with E-state index < -0.39 is 86.5 Å². The van der Waals surface area contributed by atoms with Crippen LogP contribution in [-0.2, 0) is 33.3 Å². The minimum atomic E-state index is -2.10. The highest BCUT2D eigenvalue weighted by Gasteiger charge is 3.00. The van der Waals surface area contributed by atoms with E-state index in [1.54, 1.807) is 6.92 Å². The highest BCUT2D eigenvalue weighted by atomic mass is 16.9. The highest BCUT2D eigenvalue weighted by molar-refractivity contribution is 5.73. The monoisotopic (exact) mass is 604 g/mol. The van der Waals surface area contributed by atoms with Crippen molar-refractivity contribution in [1.82, 2.24) is 0 Å². The van der Waals surface area contributed by atoms with Gasteiger partial charge < -0.3 is 39.0 Å². The van der Waals surface area contributed by atoms with Gasteiger partial charge in [0, 0.05) is 40.9 Å². The van der Waals surface area contributed by atoms with Crippen LogP contribution in [0, 0.1) is 33.5 Å². The average Bonchev–Trinajstić information content (AvgIpc) is 3.16. The summed E-state index contributed by atoms with van der Waals surface area (Å²) in [7, 11) is 1.34. The first-order valence-corrected chi connectivity index (χ1v) is 15.6. The minimum Gasteiger partial charge on any atom is -0.469 e. The number of aliphatic hydroxyl groups is 3. The number of ether oxygens (including phenoxy) is 5. The predicted octanol–water partition coefficient (Wildman–Crippen LogP) is 3.17. The summed E-state index contributed by atoms with van der Waals surface area (Å²) in [5.74, 6) is -3.87. The van der Waals surface area contributed by atoms with E-state index >= 15 is 0 Å². The predicted molar refractivity (Wildman–Crippen MR) is 153 cm³/mol. The van der Waals surface area contributed by atoms with Crippen molar-refractivity contribution in [1.29, 1.82) is 0 Å². The van der Waals surface area contributed by atoms with E-state index in [1.165, 1.54) is 7.11 Å². The maximum Gasteiger partial charge on any atom is 0.306 e. The SMILES string of the molecule is C/C=C\C(=C/C)C(O)C(C)(C)C1CC(=O)OC2C3(O)C(O)C4(C)CC35OC3(C)OCC(CC)(C12O3)C5(C)C4CC(=O)OC. The quantitative estimate of drug-likeness (QED) is 0.293. The van der Waals surface area contributed by atoms with Crippen molar-refractivity contribution < 1.29 is 48.6 Å². The summed E-state index contributed by atoms with van der Waals surface area (Å²) >= 11 is 0. The Morgan fingerprint density at radius 2 is 1.88 bits per heavy atom. The third-order valence-corrected chi connectivity index (χ3v) is 13.4. The summed E-state index contributed by atoms with van der Waals surface area (Å²) < 4.78 is 31.9. The molecule has 12 atom stereocenters. The van der Waals surface area contributed by atoms with E-state index in [4.69, 9.17) is 23.7 Å². The molecule has 0 aromatic heterocycles. The van der Waals surface area contributed by atoms with E-state index in [9.17, 15) is 24.9 Å². The van der Waals surface area contributed by atoms with Crippen LogP contribution in [0.5, 0.6) is 0 Å². The molecule has 5 saturated heterocycles. The van der Waals surface area contributed by atoms with E-state index in [1.807, 2.05) is 66.7 Å². The number of fused-ring (bicyclic) bond motifs is 2. The van der Waals surface area contributed by atoms with Gasteiger partial charge in [0.1, 0.15) is 11.2 Å². The molecule has 8 fully saturated rings. The van der Waals surface area contributed by atoms with Gasteiger partial charge in [0.25, 0.3) is 5.97 Å². The van der Waals surface area contributed by atoms with Gasteiger partial charge in [0.2, 0.25) is 0 Å². The Hall–Kier alpha value is -1.82. The molecule has 240 valence electrons. The number of aliphatic hydroxyl groups excluding tert-OH is 2. The molecule has 8 aliphatic rings. The van der Waals surface area contributed by atoms with Crippen molar-refractivity contribution in [3.05, 3.63) is 23.8 Å². The second-order valence-electron chi connectivity index (χ2n) is 15.0. The van der Waals surface area contributed by atoms with Crippen molar-refractivity contribution in [2.75, 3.05) is 13.7 Å². The Morgan fingerprint density at radius 1 is 1.21 bits per heavy atom. The highest BCUT2D eigenvalue weighted by Crippen LogP contribution is 2.88. The molecule has 0 aromatic rings. The zero-order valence-electron chi connectivity index (χ0n) is 26.9. The smallest absolute Gasteiger partial charge is 0.306 e. The molecule has 3 N–H and O–H groups in total. The fourth-order valence-corrected chi connectivity index (χ4v) is 11.7. The fourth-order valence-electron chi connectivity index (χ4n) is 11.7. The second kappa shape index (κ2) is 8.91. The van der Waals surface area contributed by atoms with Crippen molar-refractivity contribution in [3.63, 3.8) is 0 Å². The number of hydrogen-bond donors (Lipinski definition) is 3. The van der Waals surface area contributed by atoms with E-state index in [0.717, 1.165) is 0 Å². The molecular weight excluding hydrogens is 556 g/mol. The first-order valence-electron chi connectivity index (χ1n) is 15.6. The molecule has 10 heteroatoms. The first kappa shape index (κ1) is 31.2. The minimum absolute atomic E-state index is 0.0125. The van der Waals surface area contributed by atoms with Crippen LogP contribution in [0.25, 0.3) is 0 Å². The van der Waals surface area contributed by atoms with E-state index in [2.05, 4.69) is 0 Å². The third kappa shape index (κ3) is 3.02. The van der Waals surface area contributed by atoms with Gasteiger partial charge in [-0.15, -0.1) is 0 Å². The summed E-state index contributed by atoms with van der Waals surface area (Å²) in [6.07, 6.45) is 2.31. The molecule has 0 radical (unpaired) electrons. The van der Waals surface area contributed by atoms with Crippen LogP contribution in [0.4, 0.5) is 0 Å². The van der Waals surface area contributed by atoms with Crippen LogP contribution in [0.15, 0.2) is 23.8 Å². The molecule has 5 bridgehead atoms. The largest absolute Gasteiger partial charge is 0.469 e. The number of rotatable bonds is 7. The van der Waals surface area contributed by atoms with Gasteiger partial charge in [-0.05, 0) is 38.2 Å². The Labute approximate surface area is 253 Å². The summed E-state index contributed by atoms with van der Waals surface area (Å²) in [5, 5.41) is 37.4.